The molecule has 0 heterocycles. The fraction of sp³-hybridized carbons (Fsp3) is 0.286. The molecule has 0 bridgehead atoms. The van der Waals surface area contributed by atoms with Crippen molar-refractivity contribution in [2.45, 2.75) is 17.9 Å². The summed E-state index contributed by atoms with van der Waals surface area (Å²) < 4.78 is 26.4. The number of aliphatic hydroxyl groups is 1. The zero-order chi connectivity index (χ0) is 14.9. The van der Waals surface area contributed by atoms with Gasteiger partial charge in [0, 0.05) is 24.2 Å². The van der Waals surface area contributed by atoms with Gasteiger partial charge in [0.2, 0.25) is 10.0 Å². The number of rotatable bonds is 4. The molecule has 2 aromatic carbocycles. The van der Waals surface area contributed by atoms with Gasteiger partial charge in [0.05, 0.1) is 11.5 Å². The standard InChI is InChI=1S/C14H18N2O3S/c1-10(9-17)16(2)20(18,19)14-5-3-4-11-8-12(15)6-7-13(11)14/h3-8,10,17H,9,15H2,1-2H3. The molecule has 0 amide bonds. The van der Waals surface area contributed by atoms with Crippen LogP contribution in [-0.4, -0.2) is 37.5 Å². The van der Waals surface area contributed by atoms with Gasteiger partial charge in [-0.2, -0.15) is 4.31 Å². The Hall–Kier alpha value is -1.63. The van der Waals surface area contributed by atoms with Gasteiger partial charge in [-0.15, -0.1) is 0 Å². The van der Waals surface area contributed by atoms with Gasteiger partial charge in [0.1, 0.15) is 0 Å². The van der Waals surface area contributed by atoms with E-state index in [2.05, 4.69) is 0 Å². The van der Waals surface area contributed by atoms with Crippen molar-refractivity contribution in [1.29, 1.82) is 0 Å². The Bertz CT molecular complexity index is 728. The Balaban J connectivity index is 2.63. The van der Waals surface area contributed by atoms with Gasteiger partial charge < -0.3 is 10.8 Å². The van der Waals surface area contributed by atoms with Crippen molar-refractivity contribution in [2.24, 2.45) is 0 Å². The first-order chi connectivity index (χ1) is 9.37. The molecule has 2 rings (SSSR count). The summed E-state index contributed by atoms with van der Waals surface area (Å²) in [5.74, 6) is 0. The SMILES string of the molecule is CC(CO)N(C)S(=O)(=O)c1cccc2cc(N)ccc12. The van der Waals surface area contributed by atoms with Gasteiger partial charge in [0.15, 0.2) is 0 Å². The number of nitrogens with zero attached hydrogens (tertiary/aromatic N) is 1. The molecule has 3 N–H and O–H groups in total. The van der Waals surface area contributed by atoms with Crippen molar-refractivity contribution < 1.29 is 13.5 Å². The second-order valence-corrected chi connectivity index (χ2v) is 6.76. The number of benzene rings is 2. The van der Waals surface area contributed by atoms with E-state index in [4.69, 9.17) is 10.8 Å². The van der Waals surface area contributed by atoms with E-state index in [9.17, 15) is 8.42 Å². The molecule has 5 nitrogen and oxygen atoms in total. The van der Waals surface area contributed by atoms with Crippen LogP contribution in [-0.2, 0) is 10.0 Å². The molecule has 2 aromatic rings. The largest absolute Gasteiger partial charge is 0.399 e. The predicted octanol–water partition coefficient (Wildman–Crippen LogP) is 1.42. The highest BCUT2D eigenvalue weighted by atomic mass is 32.2. The number of hydrogen-bond donors (Lipinski definition) is 2. The fourth-order valence-corrected chi connectivity index (χ4v) is 3.57. The Morgan fingerprint density at radius 3 is 2.65 bits per heavy atom. The number of aliphatic hydroxyl groups excluding tert-OH is 1. The van der Waals surface area contributed by atoms with Crippen molar-refractivity contribution in [3.8, 4) is 0 Å². The van der Waals surface area contributed by atoms with Crippen molar-refractivity contribution in [2.75, 3.05) is 19.4 Å². The highest BCUT2D eigenvalue weighted by molar-refractivity contribution is 7.89. The molecular formula is C14H18N2O3S. The Morgan fingerprint density at radius 1 is 1.30 bits per heavy atom. The first kappa shape index (κ1) is 14.8. The summed E-state index contributed by atoms with van der Waals surface area (Å²) >= 11 is 0. The first-order valence-corrected chi connectivity index (χ1v) is 7.69. The number of nitrogen functional groups attached to an aromatic ring is 1. The lowest BCUT2D eigenvalue weighted by Crippen LogP contribution is -2.37. The van der Waals surface area contributed by atoms with Gasteiger partial charge in [-0.1, -0.05) is 18.2 Å². The first-order valence-electron chi connectivity index (χ1n) is 6.25. The van der Waals surface area contributed by atoms with E-state index in [0.717, 1.165) is 5.39 Å². The predicted molar refractivity (Wildman–Crippen MR) is 79.9 cm³/mol. The summed E-state index contributed by atoms with van der Waals surface area (Å²) in [7, 11) is -2.19. The molecule has 1 atom stereocenters. The van der Waals surface area contributed by atoms with Crippen LogP contribution < -0.4 is 5.73 Å². The zero-order valence-corrected chi connectivity index (χ0v) is 12.3. The lowest BCUT2D eigenvalue weighted by atomic mass is 10.1. The average molecular weight is 294 g/mol. The molecular weight excluding hydrogens is 276 g/mol. The van der Waals surface area contributed by atoms with Crippen molar-refractivity contribution >= 4 is 26.5 Å². The van der Waals surface area contributed by atoms with Crippen LogP contribution in [0.15, 0.2) is 41.3 Å². The van der Waals surface area contributed by atoms with Crippen LogP contribution in [0.4, 0.5) is 5.69 Å². The van der Waals surface area contributed by atoms with Crippen LogP contribution in [0, 0.1) is 0 Å². The number of fused-ring (bicyclic) bond motifs is 1. The van der Waals surface area contributed by atoms with Crippen molar-refractivity contribution in [3.05, 3.63) is 36.4 Å². The maximum absolute atomic E-state index is 12.6. The quantitative estimate of drug-likeness (QED) is 0.835. The van der Waals surface area contributed by atoms with E-state index in [1.165, 1.54) is 11.4 Å². The Kier molecular flexibility index (Phi) is 3.99. The van der Waals surface area contributed by atoms with Crippen molar-refractivity contribution in [3.63, 3.8) is 0 Å². The molecule has 0 aliphatic carbocycles. The fourth-order valence-electron chi connectivity index (χ4n) is 2.00. The van der Waals surface area contributed by atoms with E-state index in [0.29, 0.717) is 11.1 Å². The normalized spacial score (nSPS) is 13.8. The van der Waals surface area contributed by atoms with E-state index in [-0.39, 0.29) is 11.5 Å². The van der Waals surface area contributed by atoms with Gasteiger partial charge in [-0.3, -0.25) is 0 Å². The second kappa shape index (κ2) is 5.40. The number of likely N-dealkylation sites (N-methyl/N-ethyl adjacent to an activating group) is 1. The van der Waals surface area contributed by atoms with Crippen LogP contribution in [0.25, 0.3) is 10.8 Å². The molecule has 20 heavy (non-hydrogen) atoms. The third-order valence-corrected chi connectivity index (χ3v) is 5.44. The van der Waals surface area contributed by atoms with Crippen LogP contribution >= 0.6 is 0 Å². The van der Waals surface area contributed by atoms with Crippen LogP contribution in [0.1, 0.15) is 6.92 Å². The van der Waals surface area contributed by atoms with E-state index < -0.39 is 16.1 Å². The molecule has 0 aromatic heterocycles. The number of nitrogens with two attached hydrogens (primary N) is 1. The lowest BCUT2D eigenvalue weighted by molar-refractivity contribution is 0.214. The lowest BCUT2D eigenvalue weighted by Gasteiger charge is -2.23. The summed E-state index contributed by atoms with van der Waals surface area (Å²) in [5, 5.41) is 10.5. The molecule has 1 unspecified atom stereocenters. The molecule has 0 saturated carbocycles. The van der Waals surface area contributed by atoms with E-state index in [1.54, 1.807) is 37.3 Å². The van der Waals surface area contributed by atoms with Crippen LogP contribution in [0.3, 0.4) is 0 Å². The highest BCUT2D eigenvalue weighted by Crippen LogP contribution is 2.27. The van der Waals surface area contributed by atoms with Gasteiger partial charge in [0.25, 0.3) is 0 Å². The number of hydrogen-bond acceptors (Lipinski definition) is 4. The van der Waals surface area contributed by atoms with Crippen LogP contribution in [0.5, 0.6) is 0 Å². The third-order valence-electron chi connectivity index (χ3n) is 3.41. The molecule has 0 aliphatic rings. The smallest absolute Gasteiger partial charge is 0.243 e. The Labute approximate surface area is 118 Å². The van der Waals surface area contributed by atoms with Gasteiger partial charge in [-0.25, -0.2) is 8.42 Å². The van der Waals surface area contributed by atoms with Gasteiger partial charge in [-0.05, 0) is 30.5 Å². The molecule has 0 saturated heterocycles. The summed E-state index contributed by atoms with van der Waals surface area (Å²) in [6.07, 6.45) is 0. The molecule has 0 radical (unpaired) electrons. The number of anilines is 1. The molecule has 6 heteroatoms. The molecule has 0 fully saturated rings. The van der Waals surface area contributed by atoms with Gasteiger partial charge >= 0.3 is 0 Å². The summed E-state index contributed by atoms with van der Waals surface area (Å²) in [6.45, 7) is 1.42. The van der Waals surface area contributed by atoms with E-state index in [1.807, 2.05) is 6.07 Å². The summed E-state index contributed by atoms with van der Waals surface area (Å²) in [5.41, 5.74) is 6.31. The third kappa shape index (κ3) is 2.49. The minimum absolute atomic E-state index is 0.220. The maximum atomic E-state index is 12.6. The van der Waals surface area contributed by atoms with Crippen LogP contribution in [0.2, 0.25) is 0 Å². The highest BCUT2D eigenvalue weighted by Gasteiger charge is 2.26. The Morgan fingerprint density at radius 2 is 2.00 bits per heavy atom. The molecule has 0 spiro atoms. The minimum atomic E-state index is -3.66. The second-order valence-electron chi connectivity index (χ2n) is 4.79. The minimum Gasteiger partial charge on any atom is -0.399 e. The monoisotopic (exact) mass is 294 g/mol. The molecule has 0 aliphatic heterocycles. The zero-order valence-electron chi connectivity index (χ0n) is 11.4. The summed E-state index contributed by atoms with van der Waals surface area (Å²) in [4.78, 5) is 0.220. The topological polar surface area (TPSA) is 83.6 Å². The van der Waals surface area contributed by atoms with E-state index >= 15 is 0 Å². The number of sulfonamides is 1. The summed E-state index contributed by atoms with van der Waals surface area (Å²) in [6, 6.07) is 9.71. The average Bonchev–Trinajstić information content (AvgIpc) is 2.44. The molecule has 108 valence electrons. The maximum Gasteiger partial charge on any atom is 0.243 e. The van der Waals surface area contributed by atoms with Crippen molar-refractivity contribution in [1.82, 2.24) is 4.31 Å².